The fraction of sp³-hybridized carbons (Fsp3) is 0.235. The SMILES string of the molecule is Cc1cccc(NC(=O)CC(NS(C)(=O)=O)c2ccc(Cl)cc2)c1. The molecule has 0 aliphatic rings. The molecule has 2 aromatic carbocycles. The molecule has 0 aliphatic carbocycles. The fourth-order valence-corrected chi connectivity index (χ4v) is 3.16. The first-order valence-electron chi connectivity index (χ1n) is 7.32. The van der Waals surface area contributed by atoms with E-state index in [4.69, 9.17) is 11.6 Å². The summed E-state index contributed by atoms with van der Waals surface area (Å²) < 4.78 is 25.7. The van der Waals surface area contributed by atoms with Crippen molar-refractivity contribution in [3.05, 3.63) is 64.7 Å². The Morgan fingerprint density at radius 1 is 1.17 bits per heavy atom. The lowest BCUT2D eigenvalue weighted by atomic mass is 10.0. The first-order valence-corrected chi connectivity index (χ1v) is 9.59. The molecule has 5 nitrogen and oxygen atoms in total. The van der Waals surface area contributed by atoms with Crippen molar-refractivity contribution in [2.45, 2.75) is 19.4 Å². The average Bonchev–Trinajstić information content (AvgIpc) is 2.45. The van der Waals surface area contributed by atoms with Gasteiger partial charge in [-0.3, -0.25) is 4.79 Å². The molecule has 7 heteroatoms. The fourth-order valence-electron chi connectivity index (χ4n) is 2.30. The minimum Gasteiger partial charge on any atom is -0.326 e. The highest BCUT2D eigenvalue weighted by Crippen LogP contribution is 2.21. The topological polar surface area (TPSA) is 75.3 Å². The number of rotatable bonds is 6. The van der Waals surface area contributed by atoms with Crippen LogP contribution < -0.4 is 10.0 Å². The molecule has 0 aliphatic heterocycles. The third kappa shape index (κ3) is 5.96. The van der Waals surface area contributed by atoms with Crippen molar-refractivity contribution in [2.75, 3.05) is 11.6 Å². The number of benzene rings is 2. The van der Waals surface area contributed by atoms with Gasteiger partial charge in [0, 0.05) is 17.1 Å². The molecular weight excluding hydrogens is 348 g/mol. The maximum Gasteiger partial charge on any atom is 0.226 e. The van der Waals surface area contributed by atoms with Gasteiger partial charge in [0.05, 0.1) is 12.3 Å². The lowest BCUT2D eigenvalue weighted by Gasteiger charge is -2.18. The Kier molecular flexibility index (Phi) is 5.99. The number of aryl methyl sites for hydroxylation is 1. The second-order valence-corrected chi connectivity index (χ2v) is 7.83. The van der Waals surface area contributed by atoms with Crippen LogP contribution in [0.25, 0.3) is 0 Å². The molecule has 0 saturated carbocycles. The maximum atomic E-state index is 12.3. The summed E-state index contributed by atoms with van der Waals surface area (Å²) in [5.74, 6) is -0.281. The van der Waals surface area contributed by atoms with E-state index >= 15 is 0 Å². The Morgan fingerprint density at radius 3 is 2.42 bits per heavy atom. The Balaban J connectivity index is 2.15. The van der Waals surface area contributed by atoms with Crippen LogP contribution in [0.4, 0.5) is 5.69 Å². The third-order valence-electron chi connectivity index (χ3n) is 3.32. The molecule has 1 atom stereocenters. The van der Waals surface area contributed by atoms with Crippen molar-refractivity contribution in [3.8, 4) is 0 Å². The Morgan fingerprint density at radius 2 is 1.83 bits per heavy atom. The van der Waals surface area contributed by atoms with Crippen LogP contribution in [0, 0.1) is 6.92 Å². The van der Waals surface area contributed by atoms with E-state index in [-0.39, 0.29) is 12.3 Å². The molecule has 0 spiro atoms. The third-order valence-corrected chi connectivity index (χ3v) is 4.28. The summed E-state index contributed by atoms with van der Waals surface area (Å²) in [4.78, 5) is 12.3. The number of hydrogen-bond acceptors (Lipinski definition) is 3. The van der Waals surface area contributed by atoms with Crippen LogP contribution in [0.15, 0.2) is 48.5 Å². The monoisotopic (exact) mass is 366 g/mol. The van der Waals surface area contributed by atoms with E-state index in [2.05, 4.69) is 10.0 Å². The van der Waals surface area contributed by atoms with Crippen molar-refractivity contribution in [2.24, 2.45) is 0 Å². The highest BCUT2D eigenvalue weighted by Gasteiger charge is 2.20. The second kappa shape index (κ2) is 7.79. The summed E-state index contributed by atoms with van der Waals surface area (Å²) in [5.41, 5.74) is 2.37. The average molecular weight is 367 g/mol. The summed E-state index contributed by atoms with van der Waals surface area (Å²) in [6.07, 6.45) is 1.04. The first kappa shape index (κ1) is 18.4. The summed E-state index contributed by atoms with van der Waals surface area (Å²) >= 11 is 5.86. The van der Waals surface area contributed by atoms with Crippen LogP contribution in [-0.4, -0.2) is 20.6 Å². The van der Waals surface area contributed by atoms with E-state index in [1.165, 1.54) is 0 Å². The molecule has 2 N–H and O–H groups in total. The number of hydrogen-bond donors (Lipinski definition) is 2. The van der Waals surface area contributed by atoms with Crippen LogP contribution in [-0.2, 0) is 14.8 Å². The number of amides is 1. The molecule has 0 aromatic heterocycles. The number of sulfonamides is 1. The Labute approximate surface area is 147 Å². The molecule has 128 valence electrons. The van der Waals surface area contributed by atoms with Crippen molar-refractivity contribution in [1.29, 1.82) is 0 Å². The minimum atomic E-state index is -3.47. The maximum absolute atomic E-state index is 12.3. The molecule has 0 fully saturated rings. The highest BCUT2D eigenvalue weighted by molar-refractivity contribution is 7.88. The predicted molar refractivity (Wildman–Crippen MR) is 96.6 cm³/mol. The van der Waals surface area contributed by atoms with E-state index in [0.717, 1.165) is 11.8 Å². The van der Waals surface area contributed by atoms with Gasteiger partial charge in [-0.05, 0) is 42.3 Å². The standard InChI is InChI=1S/C17H19ClN2O3S/c1-12-4-3-5-15(10-12)19-17(21)11-16(20-24(2,22)23)13-6-8-14(18)9-7-13/h3-10,16,20H,11H2,1-2H3,(H,19,21). The van der Waals surface area contributed by atoms with Crippen LogP contribution in [0.1, 0.15) is 23.6 Å². The van der Waals surface area contributed by atoms with Gasteiger partial charge in [-0.15, -0.1) is 0 Å². The number of carbonyl (C=O) groups is 1. The van der Waals surface area contributed by atoms with E-state index in [9.17, 15) is 13.2 Å². The summed E-state index contributed by atoms with van der Waals surface area (Å²) in [7, 11) is -3.47. The normalized spacial score (nSPS) is 12.6. The molecule has 1 unspecified atom stereocenters. The predicted octanol–water partition coefficient (Wildman–Crippen LogP) is 3.27. The van der Waals surface area contributed by atoms with Gasteiger partial charge >= 0.3 is 0 Å². The molecule has 0 saturated heterocycles. The number of carbonyl (C=O) groups excluding carboxylic acids is 1. The molecular formula is C17H19ClN2O3S. The van der Waals surface area contributed by atoms with E-state index in [1.54, 1.807) is 30.3 Å². The van der Waals surface area contributed by atoms with Gasteiger partial charge in [-0.1, -0.05) is 35.9 Å². The van der Waals surface area contributed by atoms with Crippen LogP contribution in [0.2, 0.25) is 5.02 Å². The highest BCUT2D eigenvalue weighted by atomic mass is 35.5. The number of halogens is 1. The van der Waals surface area contributed by atoms with Crippen molar-refractivity contribution in [1.82, 2.24) is 4.72 Å². The van der Waals surface area contributed by atoms with Gasteiger partial charge in [-0.2, -0.15) is 0 Å². The molecule has 2 rings (SSSR count). The second-order valence-electron chi connectivity index (χ2n) is 5.62. The molecule has 1 amide bonds. The number of nitrogens with one attached hydrogen (secondary N) is 2. The zero-order chi connectivity index (χ0) is 17.7. The van der Waals surface area contributed by atoms with Crippen molar-refractivity contribution < 1.29 is 13.2 Å². The summed E-state index contributed by atoms with van der Waals surface area (Å²) in [5, 5.41) is 3.32. The van der Waals surface area contributed by atoms with Gasteiger partial charge in [-0.25, -0.2) is 13.1 Å². The lowest BCUT2D eigenvalue weighted by Crippen LogP contribution is -2.30. The Bertz CT molecular complexity index is 820. The zero-order valence-electron chi connectivity index (χ0n) is 13.4. The van der Waals surface area contributed by atoms with Gasteiger partial charge in [0.25, 0.3) is 0 Å². The van der Waals surface area contributed by atoms with Gasteiger partial charge < -0.3 is 5.32 Å². The van der Waals surface area contributed by atoms with Crippen LogP contribution in [0.3, 0.4) is 0 Å². The van der Waals surface area contributed by atoms with Gasteiger partial charge in [0.1, 0.15) is 0 Å². The summed E-state index contributed by atoms with van der Waals surface area (Å²) in [6, 6.07) is 13.5. The minimum absolute atomic E-state index is 0.0252. The van der Waals surface area contributed by atoms with Crippen LogP contribution >= 0.6 is 11.6 Å². The quantitative estimate of drug-likeness (QED) is 0.823. The first-order chi connectivity index (χ1) is 11.2. The van der Waals surface area contributed by atoms with E-state index in [0.29, 0.717) is 16.3 Å². The lowest BCUT2D eigenvalue weighted by molar-refractivity contribution is -0.116. The Hall–Kier alpha value is -1.89. The largest absolute Gasteiger partial charge is 0.326 e. The molecule has 0 bridgehead atoms. The molecule has 2 aromatic rings. The number of anilines is 1. The molecule has 24 heavy (non-hydrogen) atoms. The molecule has 0 heterocycles. The van der Waals surface area contributed by atoms with Crippen LogP contribution in [0.5, 0.6) is 0 Å². The van der Waals surface area contributed by atoms with Gasteiger partial charge in [0.2, 0.25) is 15.9 Å². The summed E-state index contributed by atoms with van der Waals surface area (Å²) in [6.45, 7) is 1.93. The van der Waals surface area contributed by atoms with E-state index < -0.39 is 16.1 Å². The van der Waals surface area contributed by atoms with Crippen molar-refractivity contribution >= 4 is 33.2 Å². The zero-order valence-corrected chi connectivity index (χ0v) is 15.0. The van der Waals surface area contributed by atoms with Crippen molar-refractivity contribution in [3.63, 3.8) is 0 Å². The molecule has 0 radical (unpaired) electrons. The van der Waals surface area contributed by atoms with E-state index in [1.807, 2.05) is 25.1 Å². The van der Waals surface area contributed by atoms with Gasteiger partial charge in [0.15, 0.2) is 0 Å². The smallest absolute Gasteiger partial charge is 0.226 e.